The smallest absolute Gasteiger partial charge is 0.125 e. The molecular formula is C14H18N2O. The lowest BCUT2D eigenvalue weighted by Gasteiger charge is -2.21. The molecule has 3 N–H and O–H groups in total. The highest BCUT2D eigenvalue weighted by molar-refractivity contribution is 5.26. The molecule has 3 heteroatoms. The lowest BCUT2D eigenvalue weighted by atomic mass is 10.0. The van der Waals surface area contributed by atoms with E-state index in [1.165, 1.54) is 5.56 Å². The van der Waals surface area contributed by atoms with Crippen LogP contribution in [0, 0.1) is 0 Å². The lowest BCUT2D eigenvalue weighted by molar-refractivity contribution is 0.417. The molecule has 0 aliphatic carbocycles. The molecule has 0 aliphatic heterocycles. The van der Waals surface area contributed by atoms with E-state index < -0.39 is 0 Å². The summed E-state index contributed by atoms with van der Waals surface area (Å²) < 4.78 is 5.49. The van der Waals surface area contributed by atoms with Gasteiger partial charge in [0.25, 0.3) is 0 Å². The number of hydrogen-bond donors (Lipinski definition) is 2. The SMILES string of the molecule is CC(CN)NC(c1ccccc1)c1ccco1. The van der Waals surface area contributed by atoms with Crippen LogP contribution in [0.2, 0.25) is 0 Å². The van der Waals surface area contributed by atoms with E-state index >= 15 is 0 Å². The fourth-order valence-corrected chi connectivity index (χ4v) is 1.80. The van der Waals surface area contributed by atoms with E-state index in [2.05, 4.69) is 24.4 Å². The fraction of sp³-hybridized carbons (Fsp3) is 0.286. The topological polar surface area (TPSA) is 51.2 Å². The molecule has 0 saturated heterocycles. The highest BCUT2D eigenvalue weighted by atomic mass is 16.3. The van der Waals surface area contributed by atoms with E-state index in [0.717, 1.165) is 5.76 Å². The first-order valence-corrected chi connectivity index (χ1v) is 5.85. The van der Waals surface area contributed by atoms with Crippen LogP contribution in [0.1, 0.15) is 24.3 Å². The average Bonchev–Trinajstić information content (AvgIpc) is 2.90. The minimum Gasteiger partial charge on any atom is -0.467 e. The third-order valence-corrected chi connectivity index (χ3v) is 2.77. The van der Waals surface area contributed by atoms with Crippen molar-refractivity contribution < 1.29 is 4.42 Å². The number of nitrogens with one attached hydrogen (secondary N) is 1. The first-order valence-electron chi connectivity index (χ1n) is 5.85. The summed E-state index contributed by atoms with van der Waals surface area (Å²) in [6.45, 7) is 2.67. The highest BCUT2D eigenvalue weighted by Crippen LogP contribution is 2.22. The maximum atomic E-state index is 5.66. The third kappa shape index (κ3) is 2.96. The summed E-state index contributed by atoms with van der Waals surface area (Å²) in [6, 6.07) is 14.4. The van der Waals surface area contributed by atoms with Crippen LogP contribution in [0.3, 0.4) is 0 Å². The summed E-state index contributed by atoms with van der Waals surface area (Å²) in [4.78, 5) is 0. The summed E-state index contributed by atoms with van der Waals surface area (Å²) in [5.41, 5.74) is 6.84. The number of rotatable bonds is 5. The van der Waals surface area contributed by atoms with E-state index in [0.29, 0.717) is 6.54 Å². The monoisotopic (exact) mass is 230 g/mol. The molecule has 0 aliphatic rings. The van der Waals surface area contributed by atoms with Crippen molar-refractivity contribution in [2.75, 3.05) is 6.54 Å². The molecule has 0 bridgehead atoms. The van der Waals surface area contributed by atoms with E-state index in [1.54, 1.807) is 6.26 Å². The Morgan fingerprint density at radius 3 is 2.53 bits per heavy atom. The maximum absolute atomic E-state index is 5.66. The van der Waals surface area contributed by atoms with E-state index in [1.807, 2.05) is 30.3 Å². The predicted molar refractivity (Wildman–Crippen MR) is 68.6 cm³/mol. The van der Waals surface area contributed by atoms with Gasteiger partial charge in [-0.2, -0.15) is 0 Å². The molecule has 3 nitrogen and oxygen atoms in total. The molecule has 17 heavy (non-hydrogen) atoms. The molecule has 90 valence electrons. The van der Waals surface area contributed by atoms with Gasteiger partial charge in [-0.15, -0.1) is 0 Å². The van der Waals surface area contributed by atoms with Crippen molar-refractivity contribution >= 4 is 0 Å². The van der Waals surface area contributed by atoms with Crippen molar-refractivity contribution in [3.63, 3.8) is 0 Å². The first kappa shape index (κ1) is 11.9. The molecule has 2 atom stereocenters. The van der Waals surface area contributed by atoms with Crippen LogP contribution in [-0.4, -0.2) is 12.6 Å². The third-order valence-electron chi connectivity index (χ3n) is 2.77. The van der Waals surface area contributed by atoms with Gasteiger partial charge in [-0.05, 0) is 24.6 Å². The molecule has 0 spiro atoms. The Morgan fingerprint density at radius 2 is 1.94 bits per heavy atom. The van der Waals surface area contributed by atoms with Gasteiger partial charge in [0.05, 0.1) is 12.3 Å². The zero-order valence-corrected chi connectivity index (χ0v) is 9.97. The Labute approximate surface area is 102 Å². The molecular weight excluding hydrogens is 212 g/mol. The molecule has 2 unspecified atom stereocenters. The molecule has 0 saturated carbocycles. The van der Waals surface area contributed by atoms with Gasteiger partial charge in [0.15, 0.2) is 0 Å². The number of furan rings is 1. The van der Waals surface area contributed by atoms with Gasteiger partial charge >= 0.3 is 0 Å². The van der Waals surface area contributed by atoms with Gasteiger partial charge in [0.2, 0.25) is 0 Å². The predicted octanol–water partition coefficient (Wildman–Crippen LogP) is 2.31. The van der Waals surface area contributed by atoms with Crippen molar-refractivity contribution in [1.29, 1.82) is 0 Å². The van der Waals surface area contributed by atoms with Gasteiger partial charge in [0, 0.05) is 12.6 Å². The second-order valence-electron chi connectivity index (χ2n) is 4.16. The van der Waals surface area contributed by atoms with E-state index in [-0.39, 0.29) is 12.1 Å². The van der Waals surface area contributed by atoms with Gasteiger partial charge < -0.3 is 10.2 Å². The molecule has 0 radical (unpaired) electrons. The molecule has 2 rings (SSSR count). The van der Waals surface area contributed by atoms with Crippen molar-refractivity contribution in [1.82, 2.24) is 5.32 Å². The molecule has 0 fully saturated rings. The van der Waals surface area contributed by atoms with Crippen LogP contribution in [0.5, 0.6) is 0 Å². The Morgan fingerprint density at radius 1 is 1.18 bits per heavy atom. The van der Waals surface area contributed by atoms with Gasteiger partial charge in [0.1, 0.15) is 5.76 Å². The van der Waals surface area contributed by atoms with Crippen molar-refractivity contribution in [2.45, 2.75) is 19.0 Å². The largest absolute Gasteiger partial charge is 0.467 e. The number of benzene rings is 1. The standard InChI is InChI=1S/C14H18N2O/c1-11(10-15)16-14(13-8-5-9-17-13)12-6-3-2-4-7-12/h2-9,11,14,16H,10,15H2,1H3. The zero-order valence-electron chi connectivity index (χ0n) is 9.97. The van der Waals surface area contributed by atoms with Gasteiger partial charge in [-0.1, -0.05) is 30.3 Å². The van der Waals surface area contributed by atoms with Gasteiger partial charge in [-0.25, -0.2) is 0 Å². The van der Waals surface area contributed by atoms with Crippen LogP contribution in [0.4, 0.5) is 0 Å². The Bertz CT molecular complexity index is 425. The minimum atomic E-state index is 0.0600. The van der Waals surface area contributed by atoms with Crippen molar-refractivity contribution in [3.05, 3.63) is 60.1 Å². The average molecular weight is 230 g/mol. The molecule has 1 aromatic heterocycles. The number of hydrogen-bond acceptors (Lipinski definition) is 3. The summed E-state index contributed by atoms with van der Waals surface area (Å²) in [7, 11) is 0. The summed E-state index contributed by atoms with van der Waals surface area (Å²) in [5.74, 6) is 0.913. The quantitative estimate of drug-likeness (QED) is 0.828. The lowest BCUT2D eigenvalue weighted by Crippen LogP contribution is -2.36. The summed E-state index contributed by atoms with van der Waals surface area (Å²) >= 11 is 0. The Kier molecular flexibility index (Phi) is 3.96. The maximum Gasteiger partial charge on any atom is 0.125 e. The van der Waals surface area contributed by atoms with Crippen LogP contribution < -0.4 is 11.1 Å². The zero-order chi connectivity index (χ0) is 12.1. The fourth-order valence-electron chi connectivity index (χ4n) is 1.80. The minimum absolute atomic E-state index is 0.0600. The van der Waals surface area contributed by atoms with Crippen molar-refractivity contribution in [3.8, 4) is 0 Å². The molecule has 1 heterocycles. The summed E-state index contributed by atoms with van der Waals surface area (Å²) in [5, 5.41) is 3.47. The number of nitrogens with two attached hydrogens (primary N) is 1. The first-order chi connectivity index (χ1) is 8.31. The normalized spacial score (nSPS) is 14.5. The highest BCUT2D eigenvalue weighted by Gasteiger charge is 2.17. The van der Waals surface area contributed by atoms with Crippen LogP contribution in [0.25, 0.3) is 0 Å². The Hall–Kier alpha value is -1.58. The van der Waals surface area contributed by atoms with E-state index in [4.69, 9.17) is 10.2 Å². The van der Waals surface area contributed by atoms with Gasteiger partial charge in [-0.3, -0.25) is 5.32 Å². The van der Waals surface area contributed by atoms with Crippen LogP contribution in [-0.2, 0) is 0 Å². The summed E-state index contributed by atoms with van der Waals surface area (Å²) in [6.07, 6.45) is 1.69. The second-order valence-corrected chi connectivity index (χ2v) is 4.16. The molecule has 1 aromatic carbocycles. The van der Waals surface area contributed by atoms with Crippen LogP contribution in [0.15, 0.2) is 53.1 Å². The molecule has 0 amide bonds. The Balaban J connectivity index is 2.25. The molecule has 2 aromatic rings. The van der Waals surface area contributed by atoms with E-state index in [9.17, 15) is 0 Å². The van der Waals surface area contributed by atoms with Crippen LogP contribution >= 0.6 is 0 Å². The second kappa shape index (κ2) is 5.66. The van der Waals surface area contributed by atoms with Crippen molar-refractivity contribution in [2.24, 2.45) is 5.73 Å².